The van der Waals surface area contributed by atoms with E-state index >= 15 is 0 Å². The van der Waals surface area contributed by atoms with Crippen LogP contribution >= 0.6 is 11.6 Å². The van der Waals surface area contributed by atoms with Crippen molar-refractivity contribution in [3.63, 3.8) is 0 Å². The largest absolute Gasteiger partial charge is 0.492 e. The van der Waals surface area contributed by atoms with Gasteiger partial charge in [0.15, 0.2) is 0 Å². The summed E-state index contributed by atoms with van der Waals surface area (Å²) in [6, 6.07) is 1.79. The molecule has 20 heavy (non-hydrogen) atoms. The van der Waals surface area contributed by atoms with E-state index < -0.39 is 11.6 Å². The fourth-order valence-electron chi connectivity index (χ4n) is 1.17. The summed E-state index contributed by atoms with van der Waals surface area (Å²) in [6.07, 6.45) is 1.56. The van der Waals surface area contributed by atoms with Gasteiger partial charge in [-0.1, -0.05) is 39.3 Å². The van der Waals surface area contributed by atoms with E-state index in [1.165, 1.54) is 0 Å². The molecule has 2 nitrogen and oxygen atoms in total. The summed E-state index contributed by atoms with van der Waals surface area (Å²) in [5, 5.41) is -0.187. The molecule has 0 fully saturated rings. The van der Waals surface area contributed by atoms with Gasteiger partial charge in [0.2, 0.25) is 0 Å². The molecule has 0 saturated heterocycles. The molecule has 0 aliphatic carbocycles. The number of methoxy groups -OCH3 is 1. The van der Waals surface area contributed by atoms with Crippen LogP contribution in [-0.2, 0) is 4.74 Å². The number of hydrogen-bond donors (Lipinski definition) is 0. The first-order chi connectivity index (χ1) is 9.65. The van der Waals surface area contributed by atoms with Crippen LogP contribution in [0.3, 0.4) is 0 Å². The lowest BCUT2D eigenvalue weighted by molar-refractivity contribution is 0.184. The zero-order valence-electron chi connectivity index (χ0n) is 12.9. The Hall–Kier alpha value is -0.870. The Morgan fingerprint density at radius 1 is 1.00 bits per heavy atom. The van der Waals surface area contributed by atoms with Gasteiger partial charge in [-0.05, 0) is 12.8 Å². The van der Waals surface area contributed by atoms with Crippen LogP contribution < -0.4 is 4.74 Å². The van der Waals surface area contributed by atoms with Crippen LogP contribution in [0.1, 0.15) is 40.5 Å². The van der Waals surface area contributed by atoms with Gasteiger partial charge in [-0.3, -0.25) is 0 Å². The first-order valence-corrected chi connectivity index (χ1v) is 7.29. The van der Waals surface area contributed by atoms with Crippen molar-refractivity contribution in [3.8, 4) is 5.75 Å². The fraction of sp³-hybridized carbons (Fsp3) is 0.600. The minimum atomic E-state index is -0.812. The standard InChI is InChI=1S/C11H13ClF2O2.2C2H6/c1-15-4-2-3-5-16-10-7-8(13)6-9(14)11(10)12;2*1-2/h6-7H,2-5H2,1H3;2*1-2H3. The lowest BCUT2D eigenvalue weighted by atomic mass is 10.3. The van der Waals surface area contributed by atoms with E-state index in [2.05, 4.69) is 0 Å². The van der Waals surface area contributed by atoms with E-state index in [0.717, 1.165) is 25.0 Å². The molecule has 0 N–H and O–H groups in total. The second-order valence-electron chi connectivity index (χ2n) is 3.25. The molecule has 0 bridgehead atoms. The summed E-state index contributed by atoms with van der Waals surface area (Å²) in [7, 11) is 1.61. The highest BCUT2D eigenvalue weighted by Crippen LogP contribution is 2.28. The molecule has 0 amide bonds. The highest BCUT2D eigenvalue weighted by atomic mass is 35.5. The third kappa shape index (κ3) is 9.10. The Balaban J connectivity index is 0. The van der Waals surface area contributed by atoms with Crippen molar-refractivity contribution in [2.24, 2.45) is 0 Å². The molecule has 0 heterocycles. The van der Waals surface area contributed by atoms with Crippen LogP contribution in [0.25, 0.3) is 0 Å². The maximum atomic E-state index is 13.0. The number of ether oxygens (including phenoxy) is 2. The summed E-state index contributed by atoms with van der Waals surface area (Å²) in [5.41, 5.74) is 0. The van der Waals surface area contributed by atoms with Crippen molar-refractivity contribution in [2.75, 3.05) is 20.3 Å². The minimum absolute atomic E-state index is 0.0385. The Labute approximate surface area is 126 Å². The van der Waals surface area contributed by atoms with E-state index in [9.17, 15) is 8.78 Å². The van der Waals surface area contributed by atoms with Gasteiger partial charge in [-0.25, -0.2) is 8.78 Å². The van der Waals surface area contributed by atoms with Crippen molar-refractivity contribution < 1.29 is 18.3 Å². The quantitative estimate of drug-likeness (QED) is 0.512. The smallest absolute Gasteiger partial charge is 0.148 e. The van der Waals surface area contributed by atoms with Crippen LogP contribution in [-0.4, -0.2) is 20.3 Å². The van der Waals surface area contributed by atoms with Crippen molar-refractivity contribution in [3.05, 3.63) is 28.8 Å². The van der Waals surface area contributed by atoms with Gasteiger partial charge in [0.25, 0.3) is 0 Å². The number of rotatable bonds is 6. The highest BCUT2D eigenvalue weighted by molar-refractivity contribution is 6.32. The molecule has 118 valence electrons. The predicted molar refractivity (Wildman–Crippen MR) is 80.7 cm³/mol. The third-order valence-corrected chi connectivity index (χ3v) is 2.33. The molecule has 0 radical (unpaired) electrons. The molecule has 0 atom stereocenters. The van der Waals surface area contributed by atoms with Gasteiger partial charge in [0.1, 0.15) is 22.4 Å². The lowest BCUT2D eigenvalue weighted by Crippen LogP contribution is -2.01. The zero-order valence-corrected chi connectivity index (χ0v) is 13.7. The average Bonchev–Trinajstić information content (AvgIpc) is 2.48. The van der Waals surface area contributed by atoms with Gasteiger partial charge >= 0.3 is 0 Å². The van der Waals surface area contributed by atoms with Crippen molar-refractivity contribution in [1.82, 2.24) is 0 Å². The van der Waals surface area contributed by atoms with Crippen LogP contribution in [0.5, 0.6) is 5.75 Å². The van der Waals surface area contributed by atoms with Crippen molar-refractivity contribution >= 4 is 11.6 Å². The molecule has 0 aliphatic rings. The molecule has 1 rings (SSSR count). The van der Waals surface area contributed by atoms with E-state index in [1.807, 2.05) is 27.7 Å². The first kappa shape index (κ1) is 21.4. The zero-order chi connectivity index (χ0) is 16.0. The monoisotopic (exact) mass is 310 g/mol. The van der Waals surface area contributed by atoms with Gasteiger partial charge in [0, 0.05) is 25.8 Å². The van der Waals surface area contributed by atoms with Crippen LogP contribution in [0.15, 0.2) is 12.1 Å². The van der Waals surface area contributed by atoms with Gasteiger partial charge in [0.05, 0.1) is 6.61 Å². The SMILES string of the molecule is CC.CC.COCCCCOc1cc(F)cc(F)c1Cl. The summed E-state index contributed by atoms with van der Waals surface area (Å²) < 4.78 is 35.9. The number of halogens is 3. The normalized spacial score (nSPS) is 9.00. The maximum Gasteiger partial charge on any atom is 0.148 e. The predicted octanol–water partition coefficient (Wildman–Crippen LogP) is 5.48. The Morgan fingerprint density at radius 2 is 1.55 bits per heavy atom. The van der Waals surface area contributed by atoms with Gasteiger partial charge in [-0.2, -0.15) is 0 Å². The number of hydrogen-bond acceptors (Lipinski definition) is 2. The van der Waals surface area contributed by atoms with E-state index in [-0.39, 0.29) is 10.8 Å². The van der Waals surface area contributed by atoms with E-state index in [0.29, 0.717) is 13.2 Å². The molecule has 0 aromatic heterocycles. The Morgan fingerprint density at radius 3 is 2.10 bits per heavy atom. The molecule has 0 unspecified atom stereocenters. The molecular weight excluding hydrogens is 286 g/mol. The highest BCUT2D eigenvalue weighted by Gasteiger charge is 2.09. The topological polar surface area (TPSA) is 18.5 Å². The lowest BCUT2D eigenvalue weighted by Gasteiger charge is -2.08. The fourth-order valence-corrected chi connectivity index (χ4v) is 1.33. The molecule has 1 aromatic rings. The summed E-state index contributed by atoms with van der Waals surface area (Å²) >= 11 is 5.61. The van der Waals surface area contributed by atoms with Crippen molar-refractivity contribution in [2.45, 2.75) is 40.5 Å². The van der Waals surface area contributed by atoms with Crippen LogP contribution in [0, 0.1) is 11.6 Å². The number of unbranched alkanes of at least 4 members (excludes halogenated alkanes) is 1. The molecule has 0 saturated carbocycles. The molecular formula is C15H25ClF2O2. The summed E-state index contributed by atoms with van der Waals surface area (Å²) in [4.78, 5) is 0. The molecule has 1 aromatic carbocycles. The van der Waals surface area contributed by atoms with Crippen molar-refractivity contribution in [1.29, 1.82) is 0 Å². The van der Waals surface area contributed by atoms with Gasteiger partial charge in [-0.15, -0.1) is 0 Å². The summed E-state index contributed by atoms with van der Waals surface area (Å²) in [5.74, 6) is -1.47. The first-order valence-electron chi connectivity index (χ1n) is 6.91. The average molecular weight is 311 g/mol. The molecule has 0 aliphatic heterocycles. The van der Waals surface area contributed by atoms with E-state index in [4.69, 9.17) is 21.1 Å². The minimum Gasteiger partial charge on any atom is -0.492 e. The summed E-state index contributed by atoms with van der Waals surface area (Å²) in [6.45, 7) is 8.99. The van der Waals surface area contributed by atoms with Crippen LogP contribution in [0.4, 0.5) is 8.78 Å². The molecule has 0 spiro atoms. The van der Waals surface area contributed by atoms with Crippen LogP contribution in [0.2, 0.25) is 5.02 Å². The number of benzene rings is 1. The van der Waals surface area contributed by atoms with Gasteiger partial charge < -0.3 is 9.47 Å². The van der Waals surface area contributed by atoms with E-state index in [1.54, 1.807) is 7.11 Å². The second-order valence-corrected chi connectivity index (χ2v) is 3.63. The second kappa shape index (κ2) is 14.5. The molecule has 5 heteroatoms. The maximum absolute atomic E-state index is 13.0. The Bertz CT molecular complexity index is 347. The third-order valence-electron chi connectivity index (χ3n) is 1.96. The Kier molecular flexibility index (Phi) is 15.6.